The van der Waals surface area contributed by atoms with Crippen LogP contribution in [0.5, 0.6) is 0 Å². The molecule has 0 amide bonds. The summed E-state index contributed by atoms with van der Waals surface area (Å²) in [6.07, 6.45) is 6.14. The number of nitrogens with one attached hydrogen (secondary N) is 1. The second-order valence-electron chi connectivity index (χ2n) is 4.94. The van der Waals surface area contributed by atoms with Crippen LogP contribution in [-0.2, 0) is 6.54 Å². The van der Waals surface area contributed by atoms with E-state index in [1.54, 1.807) is 6.07 Å². The second-order valence-corrected chi connectivity index (χ2v) is 4.94. The molecular formula is C14H22FN3. The predicted molar refractivity (Wildman–Crippen MR) is 72.2 cm³/mol. The van der Waals surface area contributed by atoms with E-state index in [2.05, 4.69) is 22.1 Å². The van der Waals surface area contributed by atoms with E-state index < -0.39 is 0 Å². The van der Waals surface area contributed by atoms with E-state index in [9.17, 15) is 4.39 Å². The van der Waals surface area contributed by atoms with Gasteiger partial charge >= 0.3 is 0 Å². The van der Waals surface area contributed by atoms with E-state index in [0.717, 1.165) is 24.3 Å². The first-order valence-electron chi connectivity index (χ1n) is 6.82. The molecule has 4 heteroatoms. The number of pyridine rings is 1. The molecule has 100 valence electrons. The van der Waals surface area contributed by atoms with Crippen LogP contribution >= 0.6 is 0 Å². The summed E-state index contributed by atoms with van der Waals surface area (Å²) in [4.78, 5) is 6.68. The van der Waals surface area contributed by atoms with Crippen molar-refractivity contribution in [2.75, 3.05) is 18.5 Å². The first kappa shape index (κ1) is 13.3. The van der Waals surface area contributed by atoms with Crippen molar-refractivity contribution in [3.05, 3.63) is 23.6 Å². The van der Waals surface area contributed by atoms with Gasteiger partial charge in [-0.25, -0.2) is 9.37 Å². The minimum Gasteiger partial charge on any atom is -0.353 e. The minimum atomic E-state index is -0.254. The maximum Gasteiger partial charge on any atom is 0.141 e. The molecule has 1 aromatic heterocycles. The molecule has 2 rings (SSSR count). The number of aromatic nitrogens is 1. The maximum atomic E-state index is 13.3. The summed E-state index contributed by atoms with van der Waals surface area (Å²) in [6.45, 7) is 3.88. The van der Waals surface area contributed by atoms with Crippen LogP contribution in [0.4, 0.5) is 10.2 Å². The largest absolute Gasteiger partial charge is 0.353 e. The lowest BCUT2D eigenvalue weighted by atomic mass is 10.2. The second kappa shape index (κ2) is 6.14. The fourth-order valence-corrected chi connectivity index (χ4v) is 2.23. The Hall–Kier alpha value is -1.16. The van der Waals surface area contributed by atoms with Crippen molar-refractivity contribution in [3.63, 3.8) is 0 Å². The fourth-order valence-electron chi connectivity index (χ4n) is 2.23. The van der Waals surface area contributed by atoms with E-state index in [0.29, 0.717) is 12.6 Å². The standard InChI is InChI=1S/C14H22FN3/c1-3-4-7-18(13-5-6-13)14-11(9-16-2)8-12(15)10-17-14/h8,10,13,16H,3-7,9H2,1-2H3. The van der Waals surface area contributed by atoms with Gasteiger partial charge in [0.25, 0.3) is 0 Å². The van der Waals surface area contributed by atoms with Crippen LogP contribution in [-0.4, -0.2) is 24.6 Å². The SMILES string of the molecule is CCCCN(c1ncc(F)cc1CNC)C1CC1. The Kier molecular flexibility index (Phi) is 4.53. The van der Waals surface area contributed by atoms with Gasteiger partial charge in [-0.1, -0.05) is 13.3 Å². The molecule has 1 aromatic rings. The molecule has 1 fully saturated rings. The quantitative estimate of drug-likeness (QED) is 0.807. The summed E-state index contributed by atoms with van der Waals surface area (Å²) in [7, 11) is 1.88. The third kappa shape index (κ3) is 3.19. The summed E-state index contributed by atoms with van der Waals surface area (Å²) < 4.78 is 13.3. The molecule has 1 aliphatic rings. The molecule has 1 heterocycles. The van der Waals surface area contributed by atoms with E-state index in [1.165, 1.54) is 25.5 Å². The lowest BCUT2D eigenvalue weighted by Crippen LogP contribution is -2.29. The van der Waals surface area contributed by atoms with Gasteiger partial charge in [0.15, 0.2) is 0 Å². The molecule has 0 atom stereocenters. The van der Waals surface area contributed by atoms with Crippen LogP contribution in [0.15, 0.2) is 12.3 Å². The van der Waals surface area contributed by atoms with Gasteiger partial charge in [-0.15, -0.1) is 0 Å². The summed E-state index contributed by atoms with van der Waals surface area (Å²) in [5.41, 5.74) is 0.959. The lowest BCUT2D eigenvalue weighted by molar-refractivity contribution is 0.612. The molecule has 1 aliphatic carbocycles. The van der Waals surface area contributed by atoms with E-state index in [-0.39, 0.29) is 5.82 Å². The van der Waals surface area contributed by atoms with Gasteiger partial charge in [-0.05, 0) is 32.4 Å². The molecule has 0 aromatic carbocycles. The first-order chi connectivity index (χ1) is 8.76. The average Bonchev–Trinajstić information content (AvgIpc) is 3.17. The Balaban J connectivity index is 2.21. The predicted octanol–water partition coefficient (Wildman–Crippen LogP) is 2.71. The van der Waals surface area contributed by atoms with Gasteiger partial charge < -0.3 is 10.2 Å². The molecular weight excluding hydrogens is 229 g/mol. The van der Waals surface area contributed by atoms with E-state index in [1.807, 2.05) is 7.05 Å². The van der Waals surface area contributed by atoms with Crippen LogP contribution in [0.2, 0.25) is 0 Å². The number of anilines is 1. The zero-order chi connectivity index (χ0) is 13.0. The van der Waals surface area contributed by atoms with E-state index >= 15 is 0 Å². The molecule has 0 bridgehead atoms. The Bertz CT molecular complexity index is 391. The summed E-state index contributed by atoms with van der Waals surface area (Å²) in [5.74, 6) is 0.705. The molecule has 0 aliphatic heterocycles. The Morgan fingerprint density at radius 2 is 2.28 bits per heavy atom. The number of unbranched alkanes of at least 4 members (excludes halogenated alkanes) is 1. The number of rotatable bonds is 7. The summed E-state index contributed by atoms with van der Waals surface area (Å²) in [5, 5.41) is 3.09. The van der Waals surface area contributed by atoms with Gasteiger partial charge in [0.1, 0.15) is 11.6 Å². The van der Waals surface area contributed by atoms with E-state index in [4.69, 9.17) is 0 Å². The van der Waals surface area contributed by atoms with Crippen molar-refractivity contribution >= 4 is 5.82 Å². The molecule has 0 spiro atoms. The highest BCUT2D eigenvalue weighted by atomic mass is 19.1. The van der Waals surface area contributed by atoms with Crippen LogP contribution in [0.3, 0.4) is 0 Å². The topological polar surface area (TPSA) is 28.2 Å². The molecule has 0 saturated heterocycles. The Morgan fingerprint density at radius 3 is 2.89 bits per heavy atom. The van der Waals surface area contributed by atoms with Crippen LogP contribution < -0.4 is 10.2 Å². The minimum absolute atomic E-state index is 0.254. The van der Waals surface area contributed by atoms with Crippen molar-refractivity contribution in [1.29, 1.82) is 0 Å². The van der Waals surface area contributed by atoms with Gasteiger partial charge in [0.2, 0.25) is 0 Å². The zero-order valence-electron chi connectivity index (χ0n) is 11.2. The van der Waals surface area contributed by atoms with Crippen molar-refractivity contribution in [2.45, 2.75) is 45.2 Å². The summed E-state index contributed by atoms with van der Waals surface area (Å²) >= 11 is 0. The zero-order valence-corrected chi connectivity index (χ0v) is 11.2. The Morgan fingerprint density at radius 1 is 1.50 bits per heavy atom. The molecule has 18 heavy (non-hydrogen) atoms. The highest BCUT2D eigenvalue weighted by molar-refractivity contribution is 5.49. The van der Waals surface area contributed by atoms with Crippen molar-refractivity contribution in [2.24, 2.45) is 0 Å². The third-order valence-electron chi connectivity index (χ3n) is 3.29. The van der Waals surface area contributed by atoms with Crippen LogP contribution in [0.25, 0.3) is 0 Å². The third-order valence-corrected chi connectivity index (χ3v) is 3.29. The molecule has 1 N–H and O–H groups in total. The molecule has 1 saturated carbocycles. The van der Waals surface area contributed by atoms with Crippen molar-refractivity contribution in [1.82, 2.24) is 10.3 Å². The molecule has 3 nitrogen and oxygen atoms in total. The average molecular weight is 251 g/mol. The number of nitrogens with zero attached hydrogens (tertiary/aromatic N) is 2. The monoisotopic (exact) mass is 251 g/mol. The van der Waals surface area contributed by atoms with Gasteiger partial charge in [0, 0.05) is 24.7 Å². The van der Waals surface area contributed by atoms with Gasteiger partial charge in [-0.2, -0.15) is 0 Å². The lowest BCUT2D eigenvalue weighted by Gasteiger charge is -2.25. The van der Waals surface area contributed by atoms with Crippen molar-refractivity contribution < 1.29 is 4.39 Å². The van der Waals surface area contributed by atoms with Gasteiger partial charge in [-0.3, -0.25) is 0 Å². The maximum absolute atomic E-state index is 13.3. The number of hydrogen-bond donors (Lipinski definition) is 1. The molecule has 0 unspecified atom stereocenters. The highest BCUT2D eigenvalue weighted by Crippen LogP contribution is 2.32. The smallest absolute Gasteiger partial charge is 0.141 e. The number of halogens is 1. The Labute approximate surface area is 108 Å². The highest BCUT2D eigenvalue weighted by Gasteiger charge is 2.30. The fraction of sp³-hybridized carbons (Fsp3) is 0.643. The first-order valence-corrected chi connectivity index (χ1v) is 6.82. The van der Waals surface area contributed by atoms with Crippen LogP contribution in [0, 0.1) is 5.82 Å². The normalized spacial score (nSPS) is 14.8. The number of hydrogen-bond acceptors (Lipinski definition) is 3. The molecule has 0 radical (unpaired) electrons. The van der Waals surface area contributed by atoms with Crippen molar-refractivity contribution in [3.8, 4) is 0 Å². The summed E-state index contributed by atoms with van der Waals surface area (Å²) in [6, 6.07) is 2.21. The van der Waals surface area contributed by atoms with Gasteiger partial charge in [0.05, 0.1) is 6.20 Å². The van der Waals surface area contributed by atoms with Crippen LogP contribution in [0.1, 0.15) is 38.2 Å².